The minimum absolute atomic E-state index is 0.193. The highest BCUT2D eigenvalue weighted by molar-refractivity contribution is 5.81. The van der Waals surface area contributed by atoms with E-state index in [2.05, 4.69) is 50.8 Å². The molecule has 0 spiro atoms. The molecule has 2 aliphatic rings. The van der Waals surface area contributed by atoms with E-state index in [-0.39, 0.29) is 12.0 Å². The predicted molar refractivity (Wildman–Crippen MR) is 102 cm³/mol. The van der Waals surface area contributed by atoms with Crippen LogP contribution in [0.5, 0.6) is 0 Å². The van der Waals surface area contributed by atoms with Crippen molar-refractivity contribution in [2.24, 2.45) is 0 Å². The Labute approximate surface area is 152 Å². The smallest absolute Gasteiger partial charge is 0.251 e. The summed E-state index contributed by atoms with van der Waals surface area (Å²) in [6, 6.07) is 6.71. The number of rotatable bonds is 4. The lowest BCUT2D eigenvalue weighted by Crippen LogP contribution is -2.51. The minimum atomic E-state index is -0.194. The maximum absolute atomic E-state index is 12.6. The van der Waals surface area contributed by atoms with Crippen molar-refractivity contribution in [2.45, 2.75) is 58.5 Å². The molecule has 1 amide bonds. The fraction of sp³-hybridized carbons (Fsp3) is 0.667. The molecule has 0 bridgehead atoms. The van der Waals surface area contributed by atoms with Gasteiger partial charge in [-0.2, -0.15) is 0 Å². The number of para-hydroxylation sites is 1. The third-order valence-electron chi connectivity index (χ3n) is 5.46. The predicted octanol–water partition coefficient (Wildman–Crippen LogP) is 3.76. The molecule has 2 fully saturated rings. The number of benzene rings is 1. The van der Waals surface area contributed by atoms with E-state index in [9.17, 15) is 4.79 Å². The number of nitrogens with zero attached hydrogens (tertiary/aromatic N) is 2. The molecule has 1 aromatic rings. The molecule has 4 heteroatoms. The van der Waals surface area contributed by atoms with Gasteiger partial charge in [0.25, 0.3) is 5.91 Å². The number of carbonyl (C=O) groups excluding carboxylic acids is 1. The Hall–Kier alpha value is -1.55. The van der Waals surface area contributed by atoms with Gasteiger partial charge in [0, 0.05) is 38.5 Å². The van der Waals surface area contributed by atoms with E-state index < -0.39 is 0 Å². The number of carbonyl (C=O) groups is 1. The van der Waals surface area contributed by atoms with Crippen molar-refractivity contribution in [3.8, 4) is 0 Å². The fourth-order valence-electron chi connectivity index (χ4n) is 4.00. The molecule has 0 saturated carbocycles. The van der Waals surface area contributed by atoms with Gasteiger partial charge in [0.1, 0.15) is 6.10 Å². The topological polar surface area (TPSA) is 32.8 Å². The quantitative estimate of drug-likeness (QED) is 0.834. The Morgan fingerprint density at radius 3 is 2.12 bits per heavy atom. The van der Waals surface area contributed by atoms with Gasteiger partial charge in [-0.25, -0.2) is 0 Å². The molecule has 0 radical (unpaired) electrons. The molecular formula is C21H32N2O2. The van der Waals surface area contributed by atoms with Crippen molar-refractivity contribution < 1.29 is 9.53 Å². The summed E-state index contributed by atoms with van der Waals surface area (Å²) in [6.45, 7) is 13.2. The van der Waals surface area contributed by atoms with Crippen LogP contribution in [0.3, 0.4) is 0 Å². The average Bonchev–Trinajstić information content (AvgIpc) is 3.15. The molecule has 2 aliphatic heterocycles. The standard InChI is InChI=1S/C21H32N2O2/c1-15(2)17-7-5-8-18(16(3)4)20(17)22-10-12-23(13-11-22)21(24)19-9-6-14-25-19/h5,7-8,15-16,19H,6,9-14H2,1-4H3. The van der Waals surface area contributed by atoms with E-state index in [1.807, 2.05) is 4.90 Å². The zero-order valence-electron chi connectivity index (χ0n) is 16.1. The van der Waals surface area contributed by atoms with E-state index in [0.717, 1.165) is 45.6 Å². The lowest BCUT2D eigenvalue weighted by atomic mass is 9.91. The third-order valence-corrected chi connectivity index (χ3v) is 5.46. The van der Waals surface area contributed by atoms with Crippen molar-refractivity contribution in [1.82, 2.24) is 4.90 Å². The molecule has 0 aliphatic carbocycles. The first-order valence-corrected chi connectivity index (χ1v) is 9.77. The number of hydrogen-bond acceptors (Lipinski definition) is 3. The molecule has 4 nitrogen and oxygen atoms in total. The number of amides is 1. The van der Waals surface area contributed by atoms with Crippen LogP contribution in [0.4, 0.5) is 5.69 Å². The van der Waals surface area contributed by atoms with E-state index >= 15 is 0 Å². The first-order chi connectivity index (χ1) is 12.0. The Kier molecular flexibility index (Phi) is 5.67. The van der Waals surface area contributed by atoms with Crippen LogP contribution in [0.2, 0.25) is 0 Å². The van der Waals surface area contributed by atoms with E-state index in [4.69, 9.17) is 4.74 Å². The highest BCUT2D eigenvalue weighted by Gasteiger charge is 2.31. The summed E-state index contributed by atoms with van der Waals surface area (Å²) in [6.07, 6.45) is 1.70. The third kappa shape index (κ3) is 3.84. The van der Waals surface area contributed by atoms with E-state index in [1.165, 1.54) is 16.8 Å². The average molecular weight is 344 g/mol. The number of hydrogen-bond donors (Lipinski definition) is 0. The molecule has 0 N–H and O–H groups in total. The molecule has 1 aromatic carbocycles. The van der Waals surface area contributed by atoms with Crippen molar-refractivity contribution >= 4 is 11.6 Å². The lowest BCUT2D eigenvalue weighted by Gasteiger charge is -2.39. The Morgan fingerprint density at radius 1 is 1.04 bits per heavy atom. The molecule has 3 rings (SSSR count). The highest BCUT2D eigenvalue weighted by Crippen LogP contribution is 2.35. The van der Waals surface area contributed by atoms with Gasteiger partial charge in [0.05, 0.1) is 0 Å². The van der Waals surface area contributed by atoms with Gasteiger partial charge in [-0.15, -0.1) is 0 Å². The van der Waals surface area contributed by atoms with E-state index in [1.54, 1.807) is 0 Å². The van der Waals surface area contributed by atoms with E-state index in [0.29, 0.717) is 11.8 Å². The summed E-state index contributed by atoms with van der Waals surface area (Å²) >= 11 is 0. The van der Waals surface area contributed by atoms with Gasteiger partial charge in [0.2, 0.25) is 0 Å². The molecule has 0 aromatic heterocycles. The van der Waals surface area contributed by atoms with Crippen LogP contribution in [0.15, 0.2) is 18.2 Å². The summed E-state index contributed by atoms with van der Waals surface area (Å²) in [4.78, 5) is 17.1. The molecule has 25 heavy (non-hydrogen) atoms. The molecule has 1 unspecified atom stereocenters. The summed E-state index contributed by atoms with van der Waals surface area (Å²) < 4.78 is 5.58. The monoisotopic (exact) mass is 344 g/mol. The SMILES string of the molecule is CC(C)c1cccc(C(C)C)c1N1CCN(C(=O)C2CCCO2)CC1. The van der Waals surface area contributed by atoms with Crippen molar-refractivity contribution in [1.29, 1.82) is 0 Å². The zero-order chi connectivity index (χ0) is 18.0. The van der Waals surface area contributed by atoms with Gasteiger partial charge in [-0.3, -0.25) is 4.79 Å². The summed E-state index contributed by atoms with van der Waals surface area (Å²) in [5, 5.41) is 0. The number of anilines is 1. The van der Waals surface area contributed by atoms with Crippen molar-refractivity contribution in [3.63, 3.8) is 0 Å². The molecule has 2 saturated heterocycles. The van der Waals surface area contributed by atoms with Crippen LogP contribution >= 0.6 is 0 Å². The molecular weight excluding hydrogens is 312 g/mol. The van der Waals surface area contributed by atoms with Crippen molar-refractivity contribution in [3.05, 3.63) is 29.3 Å². The van der Waals surface area contributed by atoms with Crippen LogP contribution in [0, 0.1) is 0 Å². The summed E-state index contributed by atoms with van der Waals surface area (Å²) in [5.41, 5.74) is 4.24. The van der Waals surface area contributed by atoms with Crippen LogP contribution in [0.25, 0.3) is 0 Å². The highest BCUT2D eigenvalue weighted by atomic mass is 16.5. The largest absolute Gasteiger partial charge is 0.368 e. The summed E-state index contributed by atoms with van der Waals surface area (Å²) in [5.74, 6) is 1.19. The minimum Gasteiger partial charge on any atom is -0.368 e. The Balaban J connectivity index is 1.75. The van der Waals surface area contributed by atoms with Crippen LogP contribution in [-0.4, -0.2) is 49.7 Å². The Morgan fingerprint density at radius 2 is 1.64 bits per heavy atom. The van der Waals surface area contributed by atoms with Gasteiger partial charge >= 0.3 is 0 Å². The second kappa shape index (κ2) is 7.77. The summed E-state index contributed by atoms with van der Waals surface area (Å²) in [7, 11) is 0. The van der Waals surface area contributed by atoms with Gasteiger partial charge in [-0.1, -0.05) is 45.9 Å². The molecule has 1 atom stereocenters. The van der Waals surface area contributed by atoms with Gasteiger partial charge in [-0.05, 0) is 35.8 Å². The zero-order valence-corrected chi connectivity index (χ0v) is 16.1. The maximum atomic E-state index is 12.6. The van der Waals surface area contributed by atoms with Crippen molar-refractivity contribution in [2.75, 3.05) is 37.7 Å². The number of ether oxygens (including phenoxy) is 1. The second-order valence-corrected chi connectivity index (χ2v) is 7.91. The molecule has 138 valence electrons. The number of piperazine rings is 1. The first kappa shape index (κ1) is 18.2. The van der Waals surface area contributed by atoms with Crippen LogP contribution < -0.4 is 4.90 Å². The normalized spacial score (nSPS) is 21.4. The van der Waals surface area contributed by atoms with Gasteiger partial charge < -0.3 is 14.5 Å². The molecule has 2 heterocycles. The second-order valence-electron chi connectivity index (χ2n) is 7.91. The Bertz CT molecular complexity index is 572. The van der Waals surface area contributed by atoms with Gasteiger partial charge in [0.15, 0.2) is 0 Å². The van der Waals surface area contributed by atoms with Crippen LogP contribution in [-0.2, 0) is 9.53 Å². The van der Waals surface area contributed by atoms with Crippen LogP contribution in [0.1, 0.15) is 63.5 Å². The fourth-order valence-corrected chi connectivity index (χ4v) is 4.00. The first-order valence-electron chi connectivity index (χ1n) is 9.77. The lowest BCUT2D eigenvalue weighted by molar-refractivity contribution is -0.141. The maximum Gasteiger partial charge on any atom is 0.251 e.